The minimum atomic E-state index is 0.780. The fourth-order valence-corrected chi connectivity index (χ4v) is 10.6. The van der Waals surface area contributed by atoms with Crippen molar-refractivity contribution in [2.75, 3.05) is 0 Å². The first-order valence-corrected chi connectivity index (χ1v) is 41.4. The predicted octanol–water partition coefficient (Wildman–Crippen LogP) is 25.4. The molecule has 0 saturated carbocycles. The van der Waals surface area contributed by atoms with Crippen molar-refractivity contribution in [3.63, 3.8) is 0 Å². The topological polar surface area (TPSA) is 208 Å². The second kappa shape index (κ2) is 57.7. The van der Waals surface area contributed by atoms with E-state index >= 15 is 0 Å². The van der Waals surface area contributed by atoms with E-state index in [-0.39, 0.29) is 0 Å². The highest BCUT2D eigenvalue weighted by Gasteiger charge is 2.07. The highest BCUT2D eigenvalue weighted by Crippen LogP contribution is 2.18. The molecule has 0 amide bonds. The van der Waals surface area contributed by atoms with Crippen LogP contribution in [0.3, 0.4) is 0 Å². The average molecular weight is 1580 g/mol. The Hall–Kier alpha value is -12.3. The van der Waals surface area contributed by atoms with Crippen LogP contribution in [-0.2, 0) is 14.1 Å². The predicted molar refractivity (Wildman–Crippen MR) is 500 cm³/mol. The third-order valence-electron chi connectivity index (χ3n) is 17.0. The number of pyridine rings is 8. The smallest absolute Gasteiger partial charge is 0.234 e. The van der Waals surface area contributed by atoms with Gasteiger partial charge in [-0.2, -0.15) is 0 Å². The van der Waals surface area contributed by atoms with Crippen LogP contribution < -0.4 is 0 Å². The molecule has 0 saturated heterocycles. The average Bonchev–Trinajstić information content (AvgIpc) is 1.81. The van der Waals surface area contributed by atoms with Crippen molar-refractivity contribution < 1.29 is 0 Å². The summed E-state index contributed by atoms with van der Waals surface area (Å²) in [6, 6.07) is 45.9. The van der Waals surface area contributed by atoms with E-state index in [4.69, 9.17) is 0 Å². The first-order valence-electron chi connectivity index (χ1n) is 41.4. The monoisotopic (exact) mass is 1580 g/mol. The van der Waals surface area contributed by atoms with Crippen molar-refractivity contribution in [3.8, 4) is 0 Å². The zero-order valence-corrected chi connectivity index (χ0v) is 76.8. The summed E-state index contributed by atoms with van der Waals surface area (Å²) in [4.78, 5) is 59.1. The Bertz CT molecular complexity index is 4890. The van der Waals surface area contributed by atoms with Gasteiger partial charge in [-0.3, -0.25) is 38.7 Å². The molecule has 18 aromatic rings. The van der Waals surface area contributed by atoms with Gasteiger partial charge in [0.1, 0.15) is 22.9 Å². The number of fused-ring (bicyclic) bond motifs is 9. The van der Waals surface area contributed by atoms with E-state index in [2.05, 4.69) is 128 Å². The highest BCUT2D eigenvalue weighted by molar-refractivity contribution is 5.81. The standard InChI is InChI=1S/4C9H10N2.3C9H8N2.2C8H9N3.9C2H6/c2*1-7-10-8-5-3-4-6-9(8)11(7)2;2*1-7-8(2)11-6-4-3-5-9(11)10-7;1-7-2-5-11-9-3-4-10-6-8(7)9;1-7-2-5-11-9-6-10-4-3-8(7)9;1-7-4-6-10-8-3-2-5-11-9(7)8;2*1-6-7(2)11-5-3-4-9-8(11)10-6;9*1-2/h4*3-6H,1-2H3;3*2-6H,1H3;2*3-5H,1-2H3;9*1-2H3. The summed E-state index contributed by atoms with van der Waals surface area (Å²) in [5, 5.41) is 2.32. The Labute approximate surface area is 699 Å². The van der Waals surface area contributed by atoms with Gasteiger partial charge in [-0.15, -0.1) is 0 Å². The summed E-state index contributed by atoms with van der Waals surface area (Å²) in [6.07, 6.45) is 25.9. The molecule has 16 aromatic heterocycles. The SMILES string of the molecule is CC.CC.CC.CC.CC.CC.CC.CC.CC.Cc1ccnc2cccnc12.Cc1ccnc2ccncc12.Cc1ccnc2cnccc12.Cc1nc2ccccc2n1C.Cc1nc2ccccc2n1C.Cc1nc2ccccn2c1C.Cc1nc2ccccn2c1C.Cc1nc2ncccn2c1C.Cc1nc2ncccn2c1C. The van der Waals surface area contributed by atoms with Crippen LogP contribution in [0.15, 0.2) is 226 Å². The minimum Gasteiger partial charge on any atom is -0.331 e. The Kier molecular flexibility index (Phi) is 50.6. The van der Waals surface area contributed by atoms with E-state index in [1.807, 2.05) is 374 Å². The molecular formula is C97H136N20. The van der Waals surface area contributed by atoms with Crippen LogP contribution in [0.25, 0.3) is 77.8 Å². The van der Waals surface area contributed by atoms with Crippen LogP contribution >= 0.6 is 0 Å². The van der Waals surface area contributed by atoms with Gasteiger partial charge in [-0.1, -0.05) is 161 Å². The van der Waals surface area contributed by atoms with Crippen molar-refractivity contribution in [3.05, 3.63) is 300 Å². The normalized spacial score (nSPS) is 9.41. The number of rotatable bonds is 0. The molecule has 20 heteroatoms. The van der Waals surface area contributed by atoms with Crippen molar-refractivity contribution in [1.82, 2.24) is 96.5 Å². The first-order chi connectivity index (χ1) is 56.9. The number of hydrogen-bond donors (Lipinski definition) is 0. The molecule has 0 N–H and O–H groups in total. The van der Waals surface area contributed by atoms with Gasteiger partial charge in [0, 0.05) is 128 Å². The molecule has 0 atom stereocenters. The van der Waals surface area contributed by atoms with E-state index in [0.717, 1.165) is 107 Å². The van der Waals surface area contributed by atoms with E-state index in [0.29, 0.717) is 0 Å². The lowest BCUT2D eigenvalue weighted by molar-refractivity contribution is 0.886. The molecule has 0 spiro atoms. The minimum absolute atomic E-state index is 0.780. The number of aryl methyl sites for hydroxylation is 15. The van der Waals surface area contributed by atoms with Gasteiger partial charge in [0.2, 0.25) is 11.6 Å². The molecule has 0 radical (unpaired) electrons. The number of para-hydroxylation sites is 4. The van der Waals surface area contributed by atoms with E-state index in [1.54, 1.807) is 49.6 Å². The van der Waals surface area contributed by atoms with Crippen LogP contribution in [-0.4, -0.2) is 96.5 Å². The van der Waals surface area contributed by atoms with Gasteiger partial charge in [-0.25, -0.2) is 39.9 Å². The quantitative estimate of drug-likeness (QED) is 0.138. The van der Waals surface area contributed by atoms with Crippen LogP contribution in [0.2, 0.25) is 0 Å². The maximum absolute atomic E-state index is 4.38. The summed E-state index contributed by atoms with van der Waals surface area (Å²) < 4.78 is 12.3. The Balaban J connectivity index is 0.000000642. The number of hydrogen-bond acceptors (Lipinski definition) is 14. The second-order valence-corrected chi connectivity index (χ2v) is 23.5. The van der Waals surface area contributed by atoms with Crippen molar-refractivity contribution in [2.24, 2.45) is 14.1 Å². The molecule has 0 aliphatic rings. The zero-order chi connectivity index (χ0) is 88.1. The third kappa shape index (κ3) is 30.1. The van der Waals surface area contributed by atoms with Gasteiger partial charge in [-0.05, 0) is 210 Å². The molecule has 117 heavy (non-hydrogen) atoms. The number of imidazole rings is 6. The largest absolute Gasteiger partial charge is 0.331 e. The summed E-state index contributed by atoms with van der Waals surface area (Å²) in [6.45, 7) is 62.5. The molecule has 0 aliphatic carbocycles. The molecule has 18 rings (SSSR count). The summed E-state index contributed by atoms with van der Waals surface area (Å²) in [5.74, 6) is 3.68. The number of aromatic nitrogens is 20. The van der Waals surface area contributed by atoms with Crippen molar-refractivity contribution >= 4 is 77.8 Å². The molecular weight excluding hydrogens is 1450 g/mol. The Morgan fingerprint density at radius 2 is 0.590 bits per heavy atom. The Morgan fingerprint density at radius 1 is 0.239 bits per heavy atom. The van der Waals surface area contributed by atoms with Crippen LogP contribution in [0.4, 0.5) is 0 Å². The van der Waals surface area contributed by atoms with Gasteiger partial charge >= 0.3 is 0 Å². The molecule has 0 bridgehead atoms. The van der Waals surface area contributed by atoms with Crippen LogP contribution in [0, 0.1) is 90.0 Å². The molecule has 0 unspecified atom stereocenters. The molecule has 2 aromatic carbocycles. The van der Waals surface area contributed by atoms with E-state index < -0.39 is 0 Å². The van der Waals surface area contributed by atoms with Gasteiger partial charge in [0.25, 0.3) is 0 Å². The van der Waals surface area contributed by atoms with Crippen molar-refractivity contribution in [2.45, 2.75) is 215 Å². The van der Waals surface area contributed by atoms with Crippen molar-refractivity contribution in [1.29, 1.82) is 0 Å². The fourth-order valence-electron chi connectivity index (χ4n) is 10.6. The third-order valence-corrected chi connectivity index (χ3v) is 17.0. The lowest BCUT2D eigenvalue weighted by Gasteiger charge is -1.97. The van der Waals surface area contributed by atoms with Gasteiger partial charge < -0.3 is 17.9 Å². The molecule has 0 aliphatic heterocycles. The maximum atomic E-state index is 4.38. The molecule has 624 valence electrons. The van der Waals surface area contributed by atoms with Crippen LogP contribution in [0.5, 0.6) is 0 Å². The van der Waals surface area contributed by atoms with Gasteiger partial charge in [0.15, 0.2) is 0 Å². The highest BCUT2D eigenvalue weighted by atomic mass is 15.1. The number of benzene rings is 2. The molecule has 0 fully saturated rings. The summed E-state index contributed by atoms with van der Waals surface area (Å²) >= 11 is 0. The zero-order valence-electron chi connectivity index (χ0n) is 76.8. The summed E-state index contributed by atoms with van der Waals surface area (Å²) in [7, 11) is 4.06. The second-order valence-electron chi connectivity index (χ2n) is 23.5. The first kappa shape index (κ1) is 103. The lowest BCUT2D eigenvalue weighted by Crippen LogP contribution is -1.89. The van der Waals surface area contributed by atoms with E-state index in [9.17, 15) is 0 Å². The van der Waals surface area contributed by atoms with Crippen LogP contribution in [0.1, 0.15) is 199 Å². The maximum Gasteiger partial charge on any atom is 0.234 e. The lowest BCUT2D eigenvalue weighted by atomic mass is 10.2. The molecule has 16 heterocycles. The molecule has 20 nitrogen and oxygen atoms in total. The summed E-state index contributed by atoms with van der Waals surface area (Å²) in [5.41, 5.74) is 23.3. The van der Waals surface area contributed by atoms with E-state index in [1.165, 1.54) is 44.5 Å². The van der Waals surface area contributed by atoms with Gasteiger partial charge in [0.05, 0.1) is 73.1 Å². The number of nitrogens with zero attached hydrogens (tertiary/aromatic N) is 20. The Morgan fingerprint density at radius 3 is 1.00 bits per heavy atom. The fraction of sp³-hybridized carbons (Fsp3) is 0.340.